The second-order valence-electron chi connectivity index (χ2n) is 8.10. The summed E-state index contributed by atoms with van der Waals surface area (Å²) in [5.74, 6) is -0.376. The molecule has 3 aliphatic rings. The van der Waals surface area contributed by atoms with Crippen LogP contribution in [0, 0.1) is 44.8 Å². The van der Waals surface area contributed by atoms with Crippen molar-refractivity contribution >= 4 is 11.6 Å². The van der Waals surface area contributed by atoms with Gasteiger partial charge in [-0.1, -0.05) is 39.8 Å². The van der Waals surface area contributed by atoms with Crippen LogP contribution in [0.5, 0.6) is 0 Å². The number of hydrogen-bond donors (Lipinski definition) is 0. The molecular weight excluding hydrogens is 300 g/mol. The Morgan fingerprint density at radius 2 is 1.67 bits per heavy atom. The lowest BCUT2D eigenvalue weighted by Crippen LogP contribution is -2.53. The molecule has 0 aromatic carbocycles. The van der Waals surface area contributed by atoms with Gasteiger partial charge in [-0.05, 0) is 30.4 Å². The maximum absolute atomic E-state index is 12.6. The number of carbonyl (C=O) groups is 2. The molecule has 0 saturated heterocycles. The predicted molar refractivity (Wildman–Crippen MR) is 88.2 cm³/mol. The molecule has 0 radical (unpaired) electrons. The summed E-state index contributed by atoms with van der Waals surface area (Å²) < 4.78 is 0. The van der Waals surface area contributed by atoms with Crippen LogP contribution in [-0.2, 0) is 9.59 Å². The van der Waals surface area contributed by atoms with Gasteiger partial charge in [0, 0.05) is 16.2 Å². The van der Waals surface area contributed by atoms with E-state index in [0.717, 1.165) is 18.4 Å². The van der Waals surface area contributed by atoms with Crippen molar-refractivity contribution < 1.29 is 9.59 Å². The van der Waals surface area contributed by atoms with Crippen LogP contribution in [0.2, 0.25) is 0 Å². The maximum atomic E-state index is 12.6. The van der Waals surface area contributed by atoms with E-state index in [1.165, 1.54) is 0 Å². The normalized spacial score (nSPS) is 37.1. The highest BCUT2D eigenvalue weighted by Gasteiger charge is 2.58. The van der Waals surface area contributed by atoms with Gasteiger partial charge in [0.05, 0.1) is 11.1 Å². The molecule has 0 aromatic rings. The summed E-state index contributed by atoms with van der Waals surface area (Å²) in [4.78, 5) is 24.9. The summed E-state index contributed by atoms with van der Waals surface area (Å²) in [6.07, 6.45) is 6.69. The number of ketones is 2. The summed E-state index contributed by atoms with van der Waals surface area (Å²) in [6, 6.07) is 4.02. The number of allylic oxidation sites excluding steroid dienone is 6. The van der Waals surface area contributed by atoms with E-state index in [-0.39, 0.29) is 28.6 Å². The Morgan fingerprint density at radius 1 is 1.04 bits per heavy atom. The highest BCUT2D eigenvalue weighted by Crippen LogP contribution is 2.63. The Kier molecular flexibility index (Phi) is 3.26. The first-order valence-corrected chi connectivity index (χ1v) is 8.18. The van der Waals surface area contributed by atoms with E-state index in [9.17, 15) is 20.1 Å². The van der Waals surface area contributed by atoms with Crippen molar-refractivity contribution in [2.45, 2.75) is 40.5 Å². The summed E-state index contributed by atoms with van der Waals surface area (Å²) in [7, 11) is 0. The largest absolute Gasteiger partial charge is 0.293 e. The lowest BCUT2D eigenvalue weighted by atomic mass is 9.45. The molecule has 0 amide bonds. The number of hydrogen-bond acceptors (Lipinski definition) is 4. The summed E-state index contributed by atoms with van der Waals surface area (Å²) in [6.45, 7) is 7.85. The minimum atomic E-state index is -0.654. The SMILES string of the molecule is CC12C=C(C#N)C(=O)C=C1[C@@]1(C)C=C(C#N)C(=O)C(C)(C)[C@@H]1CC2. The van der Waals surface area contributed by atoms with Crippen LogP contribution >= 0.6 is 0 Å². The number of rotatable bonds is 0. The molecular formula is C20H20N2O2. The predicted octanol–water partition coefficient (Wildman–Crippen LogP) is 3.43. The summed E-state index contributed by atoms with van der Waals surface area (Å²) in [5.41, 5.74) is -0.312. The van der Waals surface area contributed by atoms with Crippen molar-refractivity contribution in [3.05, 3.63) is 34.9 Å². The molecule has 3 rings (SSSR count). The first-order valence-electron chi connectivity index (χ1n) is 8.18. The van der Waals surface area contributed by atoms with Gasteiger partial charge in [-0.15, -0.1) is 0 Å². The number of nitriles is 2. The molecule has 4 nitrogen and oxygen atoms in total. The molecule has 0 aliphatic heterocycles. The lowest BCUT2D eigenvalue weighted by molar-refractivity contribution is -0.130. The first-order chi connectivity index (χ1) is 11.1. The molecule has 0 N–H and O–H groups in total. The van der Waals surface area contributed by atoms with E-state index in [1.54, 1.807) is 18.2 Å². The lowest BCUT2D eigenvalue weighted by Gasteiger charge is -2.57. The Morgan fingerprint density at radius 3 is 2.25 bits per heavy atom. The highest BCUT2D eigenvalue weighted by atomic mass is 16.1. The molecule has 1 unspecified atom stereocenters. The summed E-state index contributed by atoms with van der Waals surface area (Å²) >= 11 is 0. The second-order valence-corrected chi connectivity index (χ2v) is 8.10. The third-order valence-electron chi connectivity index (χ3n) is 6.26. The Labute approximate surface area is 142 Å². The number of nitrogens with zero attached hydrogens (tertiary/aromatic N) is 2. The van der Waals surface area contributed by atoms with Gasteiger partial charge in [0.25, 0.3) is 0 Å². The molecule has 4 heteroatoms. The fraction of sp³-hybridized carbons (Fsp3) is 0.500. The average molecular weight is 320 g/mol. The highest BCUT2D eigenvalue weighted by molar-refractivity contribution is 6.09. The zero-order chi connectivity index (χ0) is 17.9. The van der Waals surface area contributed by atoms with Crippen LogP contribution in [-0.4, -0.2) is 11.6 Å². The van der Waals surface area contributed by atoms with Crippen LogP contribution in [0.25, 0.3) is 0 Å². The first kappa shape index (κ1) is 16.4. The van der Waals surface area contributed by atoms with Gasteiger partial charge in [-0.3, -0.25) is 9.59 Å². The zero-order valence-corrected chi connectivity index (χ0v) is 14.4. The number of carbonyl (C=O) groups excluding carboxylic acids is 2. The van der Waals surface area contributed by atoms with Crippen molar-refractivity contribution in [3.8, 4) is 12.1 Å². The van der Waals surface area contributed by atoms with Crippen LogP contribution in [0.4, 0.5) is 0 Å². The number of Topliss-reactive ketones (excluding diaryl/α,β-unsaturated/α-hetero) is 1. The third-order valence-corrected chi connectivity index (χ3v) is 6.26. The van der Waals surface area contributed by atoms with E-state index in [2.05, 4.69) is 0 Å². The van der Waals surface area contributed by atoms with Gasteiger partial charge in [0.2, 0.25) is 0 Å². The van der Waals surface area contributed by atoms with Gasteiger partial charge in [0.15, 0.2) is 11.6 Å². The van der Waals surface area contributed by atoms with Crippen LogP contribution in [0.3, 0.4) is 0 Å². The van der Waals surface area contributed by atoms with Gasteiger partial charge in [-0.2, -0.15) is 10.5 Å². The van der Waals surface area contributed by atoms with Gasteiger partial charge >= 0.3 is 0 Å². The maximum Gasteiger partial charge on any atom is 0.196 e. The second kappa shape index (κ2) is 4.77. The van der Waals surface area contributed by atoms with Crippen LogP contribution < -0.4 is 0 Å². The van der Waals surface area contributed by atoms with Gasteiger partial charge < -0.3 is 0 Å². The topological polar surface area (TPSA) is 81.7 Å². The van der Waals surface area contributed by atoms with Crippen LogP contribution in [0.1, 0.15) is 40.5 Å². The standard InChI is InChI=1S/C20H20N2O2/c1-18(2)15-5-6-19(3)8-12(10-21)14(23)7-16(19)20(15,4)9-13(11-22)17(18)24/h7-9,15H,5-6H2,1-4H3/t15-,19?,20-/m0/s1. The molecule has 122 valence electrons. The Balaban J connectivity index is 2.26. The van der Waals surface area contributed by atoms with E-state index in [1.807, 2.05) is 39.8 Å². The Hall–Kier alpha value is -2.46. The quantitative estimate of drug-likeness (QED) is 0.684. The van der Waals surface area contributed by atoms with E-state index < -0.39 is 16.2 Å². The average Bonchev–Trinajstić information content (AvgIpc) is 2.52. The molecule has 0 spiro atoms. The summed E-state index contributed by atoms with van der Waals surface area (Å²) in [5, 5.41) is 18.6. The molecule has 0 aromatic heterocycles. The molecule has 0 heterocycles. The van der Waals surface area contributed by atoms with E-state index in [4.69, 9.17) is 0 Å². The Bertz CT molecular complexity index is 844. The molecule has 1 saturated carbocycles. The fourth-order valence-electron chi connectivity index (χ4n) is 5.08. The molecule has 0 bridgehead atoms. The molecule has 3 atom stereocenters. The van der Waals surface area contributed by atoms with Crippen molar-refractivity contribution in [2.75, 3.05) is 0 Å². The van der Waals surface area contributed by atoms with Gasteiger partial charge in [0.1, 0.15) is 12.1 Å². The molecule has 24 heavy (non-hydrogen) atoms. The van der Waals surface area contributed by atoms with Crippen LogP contribution in [0.15, 0.2) is 34.9 Å². The van der Waals surface area contributed by atoms with Gasteiger partial charge in [-0.25, -0.2) is 0 Å². The molecule has 3 aliphatic carbocycles. The van der Waals surface area contributed by atoms with Crippen molar-refractivity contribution in [2.24, 2.45) is 22.2 Å². The smallest absolute Gasteiger partial charge is 0.196 e. The zero-order valence-electron chi connectivity index (χ0n) is 14.4. The van der Waals surface area contributed by atoms with Crippen molar-refractivity contribution in [1.82, 2.24) is 0 Å². The minimum absolute atomic E-state index is 0.0266. The minimum Gasteiger partial charge on any atom is -0.293 e. The number of fused-ring (bicyclic) bond motifs is 3. The van der Waals surface area contributed by atoms with E-state index >= 15 is 0 Å². The molecule has 1 fully saturated rings. The van der Waals surface area contributed by atoms with Crippen molar-refractivity contribution in [3.63, 3.8) is 0 Å². The monoisotopic (exact) mass is 320 g/mol. The third kappa shape index (κ3) is 1.89. The van der Waals surface area contributed by atoms with Crippen molar-refractivity contribution in [1.29, 1.82) is 10.5 Å². The fourth-order valence-corrected chi connectivity index (χ4v) is 5.08. The van der Waals surface area contributed by atoms with E-state index in [0.29, 0.717) is 0 Å².